The molecular weight excluding hydrogens is 249 g/mol. The van der Waals surface area contributed by atoms with E-state index in [0.717, 1.165) is 18.1 Å². The summed E-state index contributed by atoms with van der Waals surface area (Å²) in [5.74, 6) is 1.17. The van der Waals surface area contributed by atoms with Crippen molar-refractivity contribution >= 4 is 29.0 Å². The van der Waals surface area contributed by atoms with Crippen LogP contribution in [-0.4, -0.2) is 35.8 Å². The van der Waals surface area contributed by atoms with Gasteiger partial charge in [0.05, 0.1) is 30.8 Å². The lowest BCUT2D eigenvalue weighted by molar-refractivity contribution is 0.0985. The highest BCUT2D eigenvalue weighted by molar-refractivity contribution is 6.28. The van der Waals surface area contributed by atoms with Gasteiger partial charge in [0.1, 0.15) is 5.82 Å². The van der Waals surface area contributed by atoms with Crippen molar-refractivity contribution in [3.8, 4) is 0 Å². The third kappa shape index (κ3) is 2.56. The summed E-state index contributed by atoms with van der Waals surface area (Å²) in [7, 11) is 0. The van der Waals surface area contributed by atoms with Gasteiger partial charge in [0.15, 0.2) is 0 Å². The molecule has 2 rings (SSSR count). The molecule has 0 amide bonds. The van der Waals surface area contributed by atoms with Crippen LogP contribution in [0.15, 0.2) is 6.07 Å². The van der Waals surface area contributed by atoms with Crippen LogP contribution in [0.4, 0.5) is 5.82 Å². The maximum atomic E-state index is 5.86. The Morgan fingerprint density at radius 2 is 2.38 bits per heavy atom. The molecule has 0 aromatic carbocycles. The van der Waals surface area contributed by atoms with Crippen LogP contribution in [0.2, 0.25) is 5.28 Å². The van der Waals surface area contributed by atoms with Crippen LogP contribution in [0.5, 0.6) is 0 Å². The molecule has 16 heavy (non-hydrogen) atoms. The normalized spacial score (nSPS) is 21.2. The van der Waals surface area contributed by atoms with Gasteiger partial charge in [0.2, 0.25) is 5.28 Å². The van der Waals surface area contributed by atoms with E-state index >= 15 is 0 Å². The van der Waals surface area contributed by atoms with Crippen LogP contribution in [0, 0.1) is 0 Å². The highest BCUT2D eigenvalue weighted by Gasteiger charge is 2.21. The van der Waals surface area contributed by atoms with E-state index in [2.05, 4.69) is 21.8 Å². The van der Waals surface area contributed by atoms with Crippen LogP contribution in [0.1, 0.15) is 12.6 Å². The number of rotatable bonds is 2. The summed E-state index contributed by atoms with van der Waals surface area (Å²) in [5.41, 5.74) is 0.746. The zero-order chi connectivity index (χ0) is 11.5. The Morgan fingerprint density at radius 1 is 1.56 bits per heavy atom. The second-order valence-corrected chi connectivity index (χ2v) is 4.34. The van der Waals surface area contributed by atoms with Gasteiger partial charge in [-0.2, -0.15) is 0 Å². The Kier molecular flexibility index (Phi) is 3.84. The first-order valence-corrected chi connectivity index (χ1v) is 6.06. The van der Waals surface area contributed by atoms with Gasteiger partial charge in [-0.3, -0.25) is 0 Å². The predicted molar refractivity (Wildman–Crippen MR) is 64.2 cm³/mol. The molecule has 0 aliphatic carbocycles. The van der Waals surface area contributed by atoms with Gasteiger partial charge >= 0.3 is 0 Å². The van der Waals surface area contributed by atoms with Crippen molar-refractivity contribution < 1.29 is 4.74 Å². The first-order chi connectivity index (χ1) is 7.70. The van der Waals surface area contributed by atoms with E-state index in [9.17, 15) is 0 Å². The fourth-order valence-electron chi connectivity index (χ4n) is 1.73. The largest absolute Gasteiger partial charge is 0.377 e. The van der Waals surface area contributed by atoms with Gasteiger partial charge in [-0.25, -0.2) is 9.97 Å². The predicted octanol–water partition coefficient (Wildman–Crippen LogP) is 2.09. The van der Waals surface area contributed by atoms with E-state index in [-0.39, 0.29) is 5.28 Å². The molecule has 2 heterocycles. The Hall–Kier alpha value is -0.580. The molecule has 1 aromatic rings. The first kappa shape index (κ1) is 11.9. The smallest absolute Gasteiger partial charge is 0.224 e. The summed E-state index contributed by atoms with van der Waals surface area (Å²) in [5, 5.41) is 0.242. The average Bonchev–Trinajstić information content (AvgIpc) is 2.28. The molecule has 4 nitrogen and oxygen atoms in total. The summed E-state index contributed by atoms with van der Waals surface area (Å²) in [4.78, 5) is 10.4. The Labute approximate surface area is 105 Å². The van der Waals surface area contributed by atoms with Gasteiger partial charge in [-0.15, -0.1) is 11.6 Å². The minimum Gasteiger partial charge on any atom is -0.377 e. The maximum absolute atomic E-state index is 5.86. The lowest BCUT2D eigenvalue weighted by Crippen LogP contribution is -2.44. The third-order valence-corrected chi connectivity index (χ3v) is 2.98. The third-order valence-electron chi connectivity index (χ3n) is 2.54. The van der Waals surface area contributed by atoms with E-state index in [1.54, 1.807) is 0 Å². The monoisotopic (exact) mass is 261 g/mol. The molecule has 1 aromatic heterocycles. The molecule has 1 saturated heterocycles. The van der Waals surface area contributed by atoms with Gasteiger partial charge < -0.3 is 9.64 Å². The standard InChI is InChI=1S/C10H13Cl2N3O/c1-7-6-16-3-2-15(7)9-4-8(5-11)13-10(12)14-9/h4,7H,2-3,5-6H2,1H3. The quantitative estimate of drug-likeness (QED) is 0.604. The fraction of sp³-hybridized carbons (Fsp3) is 0.600. The summed E-state index contributed by atoms with van der Waals surface area (Å²) < 4.78 is 5.38. The average molecular weight is 262 g/mol. The van der Waals surface area contributed by atoms with Crippen LogP contribution >= 0.6 is 23.2 Å². The Bertz CT molecular complexity index is 375. The minimum atomic E-state index is 0.242. The first-order valence-electron chi connectivity index (χ1n) is 5.14. The molecule has 0 radical (unpaired) electrons. The van der Waals surface area contributed by atoms with E-state index in [4.69, 9.17) is 27.9 Å². The van der Waals surface area contributed by atoms with Gasteiger partial charge in [-0.05, 0) is 18.5 Å². The molecule has 1 aliphatic rings. The fourth-order valence-corrected chi connectivity index (χ4v) is 2.07. The van der Waals surface area contributed by atoms with Crippen molar-refractivity contribution in [2.75, 3.05) is 24.7 Å². The molecule has 1 fully saturated rings. The van der Waals surface area contributed by atoms with Gasteiger partial charge in [0, 0.05) is 12.6 Å². The van der Waals surface area contributed by atoms with E-state index in [1.165, 1.54) is 0 Å². The number of morpholine rings is 1. The highest BCUT2D eigenvalue weighted by atomic mass is 35.5. The summed E-state index contributed by atoms with van der Waals surface area (Å²) in [6.07, 6.45) is 0. The molecule has 0 saturated carbocycles. The topological polar surface area (TPSA) is 38.2 Å². The SMILES string of the molecule is CC1COCCN1c1cc(CCl)nc(Cl)n1. The summed E-state index contributed by atoms with van der Waals surface area (Å²) in [6.45, 7) is 4.33. The summed E-state index contributed by atoms with van der Waals surface area (Å²) in [6, 6.07) is 2.17. The Morgan fingerprint density at radius 3 is 3.06 bits per heavy atom. The van der Waals surface area contributed by atoms with Crippen molar-refractivity contribution in [2.45, 2.75) is 18.8 Å². The number of hydrogen-bond acceptors (Lipinski definition) is 4. The lowest BCUT2D eigenvalue weighted by atomic mass is 10.2. The number of alkyl halides is 1. The Balaban J connectivity index is 2.27. The van der Waals surface area contributed by atoms with Crippen molar-refractivity contribution in [1.29, 1.82) is 0 Å². The molecule has 0 bridgehead atoms. The number of anilines is 1. The van der Waals surface area contributed by atoms with Gasteiger partial charge in [0.25, 0.3) is 0 Å². The maximum Gasteiger partial charge on any atom is 0.224 e. The second kappa shape index (κ2) is 5.17. The molecule has 0 N–H and O–H groups in total. The van der Waals surface area contributed by atoms with Crippen molar-refractivity contribution in [1.82, 2.24) is 9.97 Å². The minimum absolute atomic E-state index is 0.242. The van der Waals surface area contributed by atoms with Crippen LogP contribution < -0.4 is 4.90 Å². The number of aromatic nitrogens is 2. The van der Waals surface area contributed by atoms with E-state index in [1.807, 2.05) is 6.07 Å². The number of hydrogen-bond donors (Lipinski definition) is 0. The second-order valence-electron chi connectivity index (χ2n) is 3.74. The highest BCUT2D eigenvalue weighted by Crippen LogP contribution is 2.20. The lowest BCUT2D eigenvalue weighted by Gasteiger charge is -2.34. The molecule has 1 aliphatic heterocycles. The van der Waals surface area contributed by atoms with Crippen LogP contribution in [0.3, 0.4) is 0 Å². The van der Waals surface area contributed by atoms with E-state index in [0.29, 0.717) is 25.1 Å². The number of nitrogens with zero attached hydrogens (tertiary/aromatic N) is 3. The molecule has 1 atom stereocenters. The van der Waals surface area contributed by atoms with Crippen molar-refractivity contribution in [3.63, 3.8) is 0 Å². The number of ether oxygens (including phenoxy) is 1. The molecule has 1 unspecified atom stereocenters. The number of halogens is 2. The zero-order valence-corrected chi connectivity index (χ0v) is 10.5. The van der Waals surface area contributed by atoms with Crippen molar-refractivity contribution in [3.05, 3.63) is 17.0 Å². The molecular formula is C10H13Cl2N3O. The van der Waals surface area contributed by atoms with Crippen LogP contribution in [-0.2, 0) is 10.6 Å². The zero-order valence-electron chi connectivity index (χ0n) is 8.99. The molecule has 0 spiro atoms. The van der Waals surface area contributed by atoms with Crippen LogP contribution in [0.25, 0.3) is 0 Å². The van der Waals surface area contributed by atoms with Crippen molar-refractivity contribution in [2.24, 2.45) is 0 Å². The van der Waals surface area contributed by atoms with E-state index < -0.39 is 0 Å². The van der Waals surface area contributed by atoms with Gasteiger partial charge in [-0.1, -0.05) is 0 Å². The molecule has 88 valence electrons. The molecule has 6 heteroatoms. The summed E-state index contributed by atoms with van der Waals surface area (Å²) >= 11 is 11.6.